The number of carbonyl (C=O) groups is 1. The Bertz CT molecular complexity index is 1550. The lowest BCUT2D eigenvalue weighted by Crippen LogP contribution is -2.27. The summed E-state index contributed by atoms with van der Waals surface area (Å²) < 4.78 is 7.74. The fourth-order valence-electron chi connectivity index (χ4n) is 4.00. The Morgan fingerprint density at radius 1 is 1.18 bits per heavy atom. The third-order valence-corrected chi connectivity index (χ3v) is 5.44. The van der Waals surface area contributed by atoms with E-state index in [-0.39, 0.29) is 17.3 Å². The van der Waals surface area contributed by atoms with Gasteiger partial charge in [-0.2, -0.15) is 0 Å². The van der Waals surface area contributed by atoms with Gasteiger partial charge in [0.05, 0.1) is 6.04 Å². The zero-order valence-corrected chi connectivity index (χ0v) is 18.2. The average Bonchev–Trinajstić information content (AvgIpc) is 3.36. The molecule has 5 rings (SSSR count). The maximum absolute atomic E-state index is 13.2. The Labute approximate surface area is 190 Å². The Hall–Kier alpha value is -4.57. The van der Waals surface area contributed by atoms with E-state index in [1.54, 1.807) is 18.5 Å². The summed E-state index contributed by atoms with van der Waals surface area (Å²) in [6.07, 6.45) is 3.29. The second kappa shape index (κ2) is 8.17. The van der Waals surface area contributed by atoms with Crippen LogP contribution >= 0.6 is 0 Å². The molecule has 2 aromatic carbocycles. The van der Waals surface area contributed by atoms with Crippen LogP contribution in [0.5, 0.6) is 0 Å². The van der Waals surface area contributed by atoms with E-state index in [0.717, 1.165) is 27.7 Å². The van der Waals surface area contributed by atoms with Crippen LogP contribution in [0.1, 0.15) is 41.6 Å². The fraction of sp³-hybridized carbons (Fsp3) is 0.115. The Morgan fingerprint density at radius 3 is 2.79 bits per heavy atom. The first-order chi connectivity index (χ1) is 16.1. The van der Waals surface area contributed by atoms with Crippen LogP contribution in [0.25, 0.3) is 27.7 Å². The van der Waals surface area contributed by atoms with Gasteiger partial charge in [-0.05, 0) is 43.7 Å². The van der Waals surface area contributed by atoms with E-state index in [0.29, 0.717) is 11.4 Å². The zero-order valence-electron chi connectivity index (χ0n) is 18.2. The van der Waals surface area contributed by atoms with E-state index in [1.165, 1.54) is 4.52 Å². The molecule has 1 atom stereocenters. The molecule has 0 spiro atoms. The number of benzene rings is 2. The first-order valence-corrected chi connectivity index (χ1v) is 10.5. The second-order valence-corrected chi connectivity index (χ2v) is 7.64. The third-order valence-electron chi connectivity index (χ3n) is 5.44. The maximum atomic E-state index is 13.2. The Balaban J connectivity index is 1.59. The van der Waals surface area contributed by atoms with Gasteiger partial charge in [0.25, 0.3) is 5.91 Å². The van der Waals surface area contributed by atoms with E-state index in [2.05, 4.69) is 27.2 Å². The molecule has 0 saturated heterocycles. The van der Waals surface area contributed by atoms with Crippen molar-refractivity contribution in [2.24, 2.45) is 0 Å². The minimum atomic E-state index is -0.445. The minimum Gasteiger partial charge on any atom is -0.458 e. The molecule has 3 heterocycles. The van der Waals surface area contributed by atoms with Crippen LogP contribution in [0.4, 0.5) is 5.82 Å². The van der Waals surface area contributed by atoms with E-state index in [4.69, 9.17) is 10.2 Å². The van der Waals surface area contributed by atoms with Crippen molar-refractivity contribution in [1.82, 2.24) is 19.9 Å². The van der Waals surface area contributed by atoms with Gasteiger partial charge in [0.15, 0.2) is 11.5 Å². The number of fused-ring (bicyclic) bond motifs is 2. The van der Waals surface area contributed by atoms with Gasteiger partial charge in [-0.25, -0.2) is 9.50 Å². The second-order valence-electron chi connectivity index (χ2n) is 7.64. The monoisotopic (exact) mass is 435 g/mol. The number of rotatable bonds is 4. The highest BCUT2D eigenvalue weighted by Crippen LogP contribution is 2.38. The van der Waals surface area contributed by atoms with Gasteiger partial charge in [-0.3, -0.25) is 4.79 Å². The van der Waals surface area contributed by atoms with Gasteiger partial charge in [0.2, 0.25) is 0 Å². The van der Waals surface area contributed by atoms with Crippen LogP contribution in [-0.4, -0.2) is 20.5 Å². The van der Waals surface area contributed by atoms with Crippen molar-refractivity contribution in [3.63, 3.8) is 0 Å². The summed E-state index contributed by atoms with van der Waals surface area (Å²) in [5.74, 6) is 6.43. The van der Waals surface area contributed by atoms with Gasteiger partial charge >= 0.3 is 0 Å². The summed E-state index contributed by atoms with van der Waals surface area (Å²) >= 11 is 0. The lowest BCUT2D eigenvalue weighted by atomic mass is 9.98. The predicted octanol–water partition coefficient (Wildman–Crippen LogP) is 4.59. The molecule has 7 heteroatoms. The number of nitrogens with one attached hydrogen (secondary N) is 1. The molecule has 0 aliphatic heterocycles. The van der Waals surface area contributed by atoms with Crippen molar-refractivity contribution in [2.75, 3.05) is 5.73 Å². The normalized spacial score (nSPS) is 11.8. The lowest BCUT2D eigenvalue weighted by Gasteiger charge is -2.14. The van der Waals surface area contributed by atoms with Crippen LogP contribution in [0.2, 0.25) is 0 Å². The molecule has 7 nitrogen and oxygen atoms in total. The molecular formula is C26H21N5O2. The molecule has 0 aliphatic carbocycles. The number of nitrogen functional groups attached to an aromatic ring is 1. The summed E-state index contributed by atoms with van der Waals surface area (Å²) in [5.41, 5.74) is 10.2. The molecule has 3 aromatic heterocycles. The summed E-state index contributed by atoms with van der Waals surface area (Å²) in [6, 6.07) is 17.1. The summed E-state index contributed by atoms with van der Waals surface area (Å²) in [5, 5.41) is 8.12. The van der Waals surface area contributed by atoms with Gasteiger partial charge in [-0.15, -0.1) is 11.0 Å². The van der Waals surface area contributed by atoms with E-state index >= 15 is 0 Å². The molecular weight excluding hydrogens is 414 g/mol. The fourth-order valence-corrected chi connectivity index (χ4v) is 4.00. The first-order valence-electron chi connectivity index (χ1n) is 10.5. The van der Waals surface area contributed by atoms with E-state index < -0.39 is 6.04 Å². The maximum Gasteiger partial charge on any atom is 0.259 e. The van der Waals surface area contributed by atoms with E-state index in [1.807, 2.05) is 62.4 Å². The number of nitrogens with zero attached hydrogens (tertiary/aromatic N) is 3. The molecule has 0 aliphatic rings. The van der Waals surface area contributed by atoms with Crippen molar-refractivity contribution in [3.05, 3.63) is 83.9 Å². The predicted molar refractivity (Wildman–Crippen MR) is 127 cm³/mol. The molecule has 33 heavy (non-hydrogen) atoms. The number of nitrogens with two attached hydrogens (primary N) is 1. The molecule has 1 amide bonds. The number of anilines is 1. The highest BCUT2D eigenvalue weighted by atomic mass is 16.3. The van der Waals surface area contributed by atoms with Crippen molar-refractivity contribution >= 4 is 28.3 Å². The van der Waals surface area contributed by atoms with Crippen molar-refractivity contribution in [2.45, 2.75) is 19.9 Å². The van der Waals surface area contributed by atoms with Crippen molar-refractivity contribution in [3.8, 4) is 23.0 Å². The SMILES string of the molecule is CC#Cc1ccc2oc([C@H](C)NC(=O)c3c(N)nn4cccnc34)c(-c3ccccc3)c2c1. The zero-order chi connectivity index (χ0) is 22.9. The van der Waals surface area contributed by atoms with Gasteiger partial charge < -0.3 is 15.5 Å². The highest BCUT2D eigenvalue weighted by molar-refractivity contribution is 6.04. The van der Waals surface area contributed by atoms with E-state index in [9.17, 15) is 4.79 Å². The molecule has 0 unspecified atom stereocenters. The van der Waals surface area contributed by atoms with Crippen molar-refractivity contribution < 1.29 is 9.21 Å². The van der Waals surface area contributed by atoms with Crippen LogP contribution in [0, 0.1) is 11.8 Å². The Kier molecular flexibility index (Phi) is 5.04. The standard InChI is InChI=1S/C26H21N5O2/c1-3-8-17-11-12-20-19(15-17)21(18-9-5-4-6-10-18)23(33-20)16(2)29-26(32)22-24(27)30-31-14-7-13-28-25(22)31/h4-7,9-16H,1-2H3,(H2,27,30)(H,29,32)/t16-/m0/s1. The number of carbonyl (C=O) groups excluding carboxylic acids is 1. The topological polar surface area (TPSA) is 98.5 Å². The number of aromatic nitrogens is 3. The van der Waals surface area contributed by atoms with Crippen LogP contribution in [0.3, 0.4) is 0 Å². The lowest BCUT2D eigenvalue weighted by molar-refractivity contribution is 0.0938. The summed E-state index contributed by atoms with van der Waals surface area (Å²) in [6.45, 7) is 3.69. The van der Waals surface area contributed by atoms with Crippen molar-refractivity contribution in [1.29, 1.82) is 0 Å². The highest BCUT2D eigenvalue weighted by Gasteiger charge is 2.25. The molecule has 0 saturated carbocycles. The molecule has 5 aromatic rings. The van der Waals surface area contributed by atoms with Gasteiger partial charge in [0.1, 0.15) is 16.9 Å². The molecule has 162 valence electrons. The smallest absolute Gasteiger partial charge is 0.259 e. The number of hydrogen-bond acceptors (Lipinski definition) is 5. The molecule has 0 fully saturated rings. The quantitative estimate of drug-likeness (QED) is 0.403. The third kappa shape index (κ3) is 3.58. The largest absolute Gasteiger partial charge is 0.458 e. The average molecular weight is 435 g/mol. The Morgan fingerprint density at radius 2 is 2.00 bits per heavy atom. The first kappa shape index (κ1) is 20.3. The number of furan rings is 1. The minimum absolute atomic E-state index is 0.120. The number of amides is 1. The summed E-state index contributed by atoms with van der Waals surface area (Å²) in [4.78, 5) is 17.4. The van der Waals surface area contributed by atoms with Gasteiger partial charge in [0, 0.05) is 28.9 Å². The van der Waals surface area contributed by atoms with Crippen LogP contribution in [0.15, 0.2) is 71.4 Å². The van der Waals surface area contributed by atoms with Crippen LogP contribution < -0.4 is 11.1 Å². The molecule has 0 bridgehead atoms. The molecule has 3 N–H and O–H groups in total. The number of hydrogen-bond donors (Lipinski definition) is 2. The van der Waals surface area contributed by atoms with Crippen LogP contribution in [-0.2, 0) is 0 Å². The summed E-state index contributed by atoms with van der Waals surface area (Å²) in [7, 11) is 0. The van der Waals surface area contributed by atoms with Gasteiger partial charge in [-0.1, -0.05) is 36.3 Å². The molecule has 0 radical (unpaired) electrons.